The van der Waals surface area contributed by atoms with E-state index in [4.69, 9.17) is 51.9 Å². The number of anilines is 1. The van der Waals surface area contributed by atoms with Gasteiger partial charge in [-0.2, -0.15) is 0 Å². The number of benzene rings is 1. The van der Waals surface area contributed by atoms with Crippen molar-refractivity contribution in [1.29, 1.82) is 0 Å². The summed E-state index contributed by atoms with van der Waals surface area (Å²) in [5.74, 6) is -0.828. The molecule has 4 atom stereocenters. The third-order valence-electron chi connectivity index (χ3n) is 12.8. The number of aryl methyl sites for hydroxylation is 2. The van der Waals surface area contributed by atoms with Gasteiger partial charge >= 0.3 is 25.7 Å². The quantitative estimate of drug-likeness (QED) is 0.0324. The lowest BCUT2D eigenvalue weighted by Crippen LogP contribution is -2.39. The van der Waals surface area contributed by atoms with Gasteiger partial charge in [-0.15, -0.1) is 11.8 Å². The summed E-state index contributed by atoms with van der Waals surface area (Å²) in [6.45, 7) is 4.28. The summed E-state index contributed by atoms with van der Waals surface area (Å²) in [7, 11) is -3.06. The Morgan fingerprint density at radius 2 is 1.62 bits per heavy atom. The first kappa shape index (κ1) is 64.4. The molecule has 3 aliphatic heterocycles. The maximum atomic E-state index is 13.1. The fraction of sp³-hybridized carbons (Fsp3) is 0.654. The fourth-order valence-corrected chi connectivity index (χ4v) is 10.6. The predicted octanol–water partition coefficient (Wildman–Crippen LogP) is 3.32. The standard InChI is InChI=1S/C52H76N5O20PS/c1-36(58)74-33-43(77-37(2)59)34-76-78(66,67)75-19-15-53-47(60)35-72-24-23-69-20-18-57-49(62)32-46(52(57)65)79-28-27-71-22-21-70-25-26-73-44-10-7-40(30-45(44)68-3)41(31-50(63)64)29-38-12-16-56(17-13-38)48(61)11-9-42-8-6-39-5-4-14-54-51(39)55-42/h6-8,10,30,38,41,43,46H,4-5,9,11-29,31-35H2,1-3H3,(H,53,60)(H,54,55)(H,63,64)(H,66,67). The number of nitrogens with one attached hydrogen (secondary N) is 2. The van der Waals surface area contributed by atoms with Crippen molar-refractivity contribution in [2.45, 2.75) is 88.9 Å². The second kappa shape index (κ2) is 34.6. The number of amides is 4. The molecular weight excluding hydrogens is 1080 g/mol. The van der Waals surface area contributed by atoms with E-state index in [1.165, 1.54) is 24.4 Å². The van der Waals surface area contributed by atoms with Gasteiger partial charge in [0.2, 0.25) is 23.6 Å². The molecule has 0 saturated carbocycles. The van der Waals surface area contributed by atoms with Crippen molar-refractivity contribution >= 4 is 66.9 Å². The number of hydrogen-bond acceptors (Lipinski definition) is 21. The number of carboxylic acid groups (broad SMARTS) is 1. The van der Waals surface area contributed by atoms with Crippen molar-refractivity contribution < 1.29 is 95.1 Å². The van der Waals surface area contributed by atoms with Gasteiger partial charge in [0.1, 0.15) is 25.6 Å². The number of aliphatic carboxylic acids is 1. The van der Waals surface area contributed by atoms with Crippen LogP contribution >= 0.6 is 19.6 Å². The van der Waals surface area contributed by atoms with Crippen molar-refractivity contribution in [2.24, 2.45) is 5.92 Å². The van der Waals surface area contributed by atoms with Crippen LogP contribution in [0.1, 0.15) is 81.5 Å². The number of hydrogen-bond donors (Lipinski definition) is 4. The van der Waals surface area contributed by atoms with Crippen molar-refractivity contribution in [3.63, 3.8) is 0 Å². The molecule has 4 unspecified atom stereocenters. The van der Waals surface area contributed by atoms with Crippen LogP contribution in [0.25, 0.3) is 0 Å². The number of phosphoric acid groups is 1. The number of pyridine rings is 1. The number of likely N-dealkylation sites (tertiary alicyclic amines) is 2. The Bertz CT molecular complexity index is 2360. The molecule has 440 valence electrons. The molecule has 4 N–H and O–H groups in total. The molecular formula is C52H76N5O20PS. The Morgan fingerprint density at radius 3 is 2.35 bits per heavy atom. The number of carbonyl (C=O) groups is 7. The molecule has 4 heterocycles. The normalized spacial score (nSPS) is 17.0. The van der Waals surface area contributed by atoms with Crippen LogP contribution in [-0.4, -0.2) is 203 Å². The SMILES string of the molecule is COc1cc(C(CC(=O)O)CC2CCN(C(=O)CCc3ccc4c(n3)NCCC4)CC2)ccc1OCCOCCOCCSC1CC(=O)N(CCOCCOCC(=O)NCCOP(=O)(O)OCC(COC(C)=O)OC(C)=O)C1=O. The molecule has 27 heteroatoms. The van der Waals surface area contributed by atoms with Crippen LogP contribution in [0.15, 0.2) is 30.3 Å². The largest absolute Gasteiger partial charge is 0.493 e. The van der Waals surface area contributed by atoms with Crippen LogP contribution in [0.4, 0.5) is 5.82 Å². The average molecular weight is 1150 g/mol. The summed E-state index contributed by atoms with van der Waals surface area (Å²) in [5.41, 5.74) is 2.99. The number of fused-ring (bicyclic) bond motifs is 1. The number of phosphoric ester groups is 1. The Balaban J connectivity index is 0.858. The van der Waals surface area contributed by atoms with E-state index in [0.717, 1.165) is 68.1 Å². The monoisotopic (exact) mass is 1150 g/mol. The van der Waals surface area contributed by atoms with Gasteiger partial charge in [0.05, 0.1) is 84.8 Å². The van der Waals surface area contributed by atoms with Crippen molar-refractivity contribution in [3.05, 3.63) is 47.2 Å². The van der Waals surface area contributed by atoms with E-state index in [1.54, 1.807) is 6.07 Å². The topological polar surface area (TPSA) is 313 Å². The molecule has 4 amide bonds. The lowest BCUT2D eigenvalue weighted by atomic mass is 9.82. The lowest BCUT2D eigenvalue weighted by Gasteiger charge is -2.34. The minimum absolute atomic E-state index is 0.0288. The number of esters is 2. The molecule has 3 aliphatic rings. The maximum Gasteiger partial charge on any atom is 0.472 e. The highest BCUT2D eigenvalue weighted by Crippen LogP contribution is 2.43. The van der Waals surface area contributed by atoms with Gasteiger partial charge in [-0.1, -0.05) is 12.1 Å². The van der Waals surface area contributed by atoms with E-state index in [1.807, 2.05) is 23.1 Å². The number of nitrogens with zero attached hydrogens (tertiary/aromatic N) is 3. The molecule has 2 fully saturated rings. The van der Waals surface area contributed by atoms with Crippen LogP contribution in [0.5, 0.6) is 11.5 Å². The van der Waals surface area contributed by atoms with Crippen molar-refractivity contribution in [3.8, 4) is 11.5 Å². The number of carbonyl (C=O) groups excluding carboxylic acids is 6. The first-order valence-corrected chi connectivity index (χ1v) is 29.0. The third-order valence-corrected chi connectivity index (χ3v) is 14.9. The Kier molecular flexibility index (Phi) is 28.2. The summed E-state index contributed by atoms with van der Waals surface area (Å²) in [4.78, 5) is 102. The average Bonchev–Trinajstić information content (AvgIpc) is 3.70. The Labute approximate surface area is 464 Å². The van der Waals surface area contributed by atoms with Crippen LogP contribution in [-0.2, 0) is 88.4 Å². The van der Waals surface area contributed by atoms with Gasteiger partial charge in [0.25, 0.3) is 0 Å². The lowest BCUT2D eigenvalue weighted by molar-refractivity contribution is -0.158. The zero-order valence-electron chi connectivity index (χ0n) is 45.2. The molecule has 5 rings (SSSR count). The molecule has 79 heavy (non-hydrogen) atoms. The zero-order chi connectivity index (χ0) is 57.0. The van der Waals surface area contributed by atoms with Crippen LogP contribution < -0.4 is 20.1 Å². The first-order valence-electron chi connectivity index (χ1n) is 26.5. The van der Waals surface area contributed by atoms with Crippen molar-refractivity contribution in [1.82, 2.24) is 20.1 Å². The van der Waals surface area contributed by atoms with E-state index >= 15 is 0 Å². The number of imide groups is 1. The number of carboxylic acids is 1. The smallest absolute Gasteiger partial charge is 0.472 e. The highest BCUT2D eigenvalue weighted by molar-refractivity contribution is 8.00. The van der Waals surface area contributed by atoms with E-state index in [0.29, 0.717) is 69.4 Å². The molecule has 0 aliphatic carbocycles. The number of piperidine rings is 1. The molecule has 0 radical (unpaired) electrons. The summed E-state index contributed by atoms with van der Waals surface area (Å²) in [5, 5.41) is 15.1. The molecule has 0 spiro atoms. The van der Waals surface area contributed by atoms with Crippen molar-refractivity contribution in [2.75, 3.05) is 130 Å². The first-order chi connectivity index (χ1) is 38.0. The number of aromatic nitrogens is 1. The summed E-state index contributed by atoms with van der Waals surface area (Å²) in [6.07, 6.45) is 4.31. The summed E-state index contributed by atoms with van der Waals surface area (Å²) >= 11 is 1.34. The maximum absolute atomic E-state index is 13.1. The number of thioether (sulfide) groups is 1. The van der Waals surface area contributed by atoms with Crippen LogP contribution in [0.3, 0.4) is 0 Å². The molecule has 1 aromatic carbocycles. The highest BCUT2D eigenvalue weighted by Gasteiger charge is 2.38. The van der Waals surface area contributed by atoms with Gasteiger partial charge in [-0.25, -0.2) is 9.55 Å². The molecule has 0 bridgehead atoms. The molecule has 25 nitrogen and oxygen atoms in total. The van der Waals surface area contributed by atoms with E-state index in [2.05, 4.69) is 16.7 Å². The molecule has 2 aromatic rings. The van der Waals surface area contributed by atoms with Gasteiger partial charge in [0.15, 0.2) is 17.6 Å². The fourth-order valence-electron chi connectivity index (χ4n) is 8.85. The Hall–Kier alpha value is -5.44. The van der Waals surface area contributed by atoms with Crippen LogP contribution in [0, 0.1) is 5.92 Å². The second-order valence-corrected chi connectivity index (χ2v) is 21.5. The van der Waals surface area contributed by atoms with Crippen LogP contribution in [0.2, 0.25) is 0 Å². The number of methoxy groups -OCH3 is 1. The van der Waals surface area contributed by atoms with E-state index in [9.17, 15) is 48.1 Å². The van der Waals surface area contributed by atoms with Gasteiger partial charge in [-0.3, -0.25) is 47.5 Å². The predicted molar refractivity (Wildman–Crippen MR) is 285 cm³/mol. The summed E-state index contributed by atoms with van der Waals surface area (Å²) < 4.78 is 64.9. The minimum Gasteiger partial charge on any atom is -0.493 e. The van der Waals surface area contributed by atoms with E-state index < -0.39 is 62.8 Å². The third kappa shape index (κ3) is 24.1. The number of ether oxygens (including phenoxy) is 8. The number of rotatable bonds is 38. The highest BCUT2D eigenvalue weighted by atomic mass is 32.2. The molecule has 1 aromatic heterocycles. The summed E-state index contributed by atoms with van der Waals surface area (Å²) in [6, 6.07) is 9.64. The minimum atomic E-state index is -4.59. The second-order valence-electron chi connectivity index (χ2n) is 18.8. The van der Waals surface area contributed by atoms with Gasteiger partial charge in [-0.05, 0) is 79.7 Å². The van der Waals surface area contributed by atoms with Gasteiger partial charge < -0.3 is 63.4 Å². The van der Waals surface area contributed by atoms with E-state index in [-0.39, 0.29) is 95.1 Å². The Morgan fingerprint density at radius 1 is 0.886 bits per heavy atom. The molecule has 2 saturated heterocycles. The zero-order valence-corrected chi connectivity index (χ0v) is 46.9. The van der Waals surface area contributed by atoms with Gasteiger partial charge in [0, 0.05) is 64.3 Å².